The lowest BCUT2D eigenvalue weighted by Gasteiger charge is -2.31. The van der Waals surface area contributed by atoms with Crippen LogP contribution >= 0.6 is 0 Å². The molecule has 2 aliphatic rings. The smallest absolute Gasteiger partial charge is 0.213 e. The van der Waals surface area contributed by atoms with E-state index in [4.69, 9.17) is 4.42 Å². The van der Waals surface area contributed by atoms with Crippen molar-refractivity contribution < 1.29 is 12.8 Å². The van der Waals surface area contributed by atoms with Crippen molar-refractivity contribution in [1.29, 1.82) is 0 Å². The fourth-order valence-corrected chi connectivity index (χ4v) is 4.31. The molecule has 2 heterocycles. The second-order valence-corrected chi connectivity index (χ2v) is 8.84. The first kappa shape index (κ1) is 16.0. The predicted molar refractivity (Wildman–Crippen MR) is 86.1 cm³/mol. The van der Waals surface area contributed by atoms with E-state index in [-0.39, 0.29) is 5.75 Å². The lowest BCUT2D eigenvalue weighted by Crippen LogP contribution is -2.45. The minimum atomic E-state index is -3.03. The predicted octanol–water partition coefficient (Wildman–Crippen LogP) is 2.31. The summed E-state index contributed by atoms with van der Waals surface area (Å²) in [6.45, 7) is 5.93. The Morgan fingerprint density at radius 1 is 1.32 bits per heavy atom. The number of sulfonamides is 1. The van der Waals surface area contributed by atoms with Crippen LogP contribution in [0.5, 0.6) is 0 Å². The van der Waals surface area contributed by atoms with Gasteiger partial charge >= 0.3 is 0 Å². The molecule has 22 heavy (non-hydrogen) atoms. The molecule has 0 amide bonds. The Hall–Kier alpha value is -0.850. The maximum absolute atomic E-state index is 11.8. The second-order valence-electron chi connectivity index (χ2n) is 6.58. The second kappa shape index (κ2) is 6.34. The van der Waals surface area contributed by atoms with Gasteiger partial charge in [-0.3, -0.25) is 0 Å². The quantitative estimate of drug-likeness (QED) is 0.871. The summed E-state index contributed by atoms with van der Waals surface area (Å²) in [5, 5.41) is 3.50. The van der Waals surface area contributed by atoms with Gasteiger partial charge in [0.25, 0.3) is 0 Å². The van der Waals surface area contributed by atoms with E-state index < -0.39 is 10.0 Å². The summed E-state index contributed by atoms with van der Waals surface area (Å²) in [6.07, 6.45) is 2.98. The van der Waals surface area contributed by atoms with E-state index in [2.05, 4.69) is 24.4 Å². The Kier molecular flexibility index (Phi) is 4.61. The van der Waals surface area contributed by atoms with E-state index >= 15 is 0 Å². The average Bonchev–Trinajstić information content (AvgIpc) is 3.07. The first-order valence-corrected chi connectivity index (χ1v) is 9.90. The highest BCUT2D eigenvalue weighted by atomic mass is 32.2. The van der Waals surface area contributed by atoms with Crippen molar-refractivity contribution in [3.8, 4) is 0 Å². The van der Waals surface area contributed by atoms with Crippen LogP contribution in [0, 0.1) is 5.92 Å². The molecule has 2 fully saturated rings. The number of hydrogen-bond acceptors (Lipinski definition) is 4. The van der Waals surface area contributed by atoms with Crippen molar-refractivity contribution in [2.24, 2.45) is 5.92 Å². The topological polar surface area (TPSA) is 62.6 Å². The first-order valence-electron chi connectivity index (χ1n) is 8.29. The van der Waals surface area contributed by atoms with Crippen molar-refractivity contribution in [2.45, 2.75) is 51.6 Å². The monoisotopic (exact) mass is 326 g/mol. The summed E-state index contributed by atoms with van der Waals surface area (Å²) in [5.74, 6) is 3.68. The summed E-state index contributed by atoms with van der Waals surface area (Å²) in [5.41, 5.74) is 0. The van der Waals surface area contributed by atoms with E-state index in [0.29, 0.717) is 25.0 Å². The van der Waals surface area contributed by atoms with Gasteiger partial charge in [0.05, 0.1) is 12.3 Å². The highest BCUT2D eigenvalue weighted by Crippen LogP contribution is 2.47. The van der Waals surface area contributed by atoms with Crippen molar-refractivity contribution >= 4 is 10.0 Å². The van der Waals surface area contributed by atoms with E-state index in [0.717, 1.165) is 36.8 Å². The summed E-state index contributed by atoms with van der Waals surface area (Å²) in [7, 11) is -3.03. The van der Waals surface area contributed by atoms with Crippen LogP contribution in [0.15, 0.2) is 16.5 Å². The molecular formula is C16H26N2O3S. The molecule has 0 spiro atoms. The molecule has 1 aromatic heterocycles. The van der Waals surface area contributed by atoms with Gasteiger partial charge in [-0.2, -0.15) is 0 Å². The average molecular weight is 326 g/mol. The number of rotatable bonds is 6. The van der Waals surface area contributed by atoms with Gasteiger partial charge in [-0.05, 0) is 44.2 Å². The molecule has 2 unspecified atom stereocenters. The molecule has 1 N–H and O–H groups in total. The molecule has 1 aliphatic heterocycles. The van der Waals surface area contributed by atoms with Crippen LogP contribution in [0.4, 0.5) is 0 Å². The number of piperidine rings is 1. The van der Waals surface area contributed by atoms with Crippen LogP contribution in [-0.4, -0.2) is 37.6 Å². The van der Waals surface area contributed by atoms with E-state index in [1.54, 1.807) is 11.2 Å². The molecule has 0 aromatic carbocycles. The maximum Gasteiger partial charge on any atom is 0.213 e. The largest absolute Gasteiger partial charge is 0.464 e. The van der Waals surface area contributed by atoms with Crippen molar-refractivity contribution in [3.63, 3.8) is 0 Å². The van der Waals surface area contributed by atoms with E-state index in [1.165, 1.54) is 6.42 Å². The van der Waals surface area contributed by atoms with Crippen LogP contribution in [0.25, 0.3) is 0 Å². The Balaban J connectivity index is 1.44. The molecule has 1 aromatic rings. The van der Waals surface area contributed by atoms with Crippen molar-refractivity contribution in [3.05, 3.63) is 23.7 Å². The molecule has 1 aliphatic carbocycles. The van der Waals surface area contributed by atoms with Crippen molar-refractivity contribution in [1.82, 2.24) is 9.62 Å². The van der Waals surface area contributed by atoms with Crippen LogP contribution in [0.3, 0.4) is 0 Å². The van der Waals surface area contributed by atoms with Crippen molar-refractivity contribution in [2.75, 3.05) is 18.8 Å². The highest BCUT2D eigenvalue weighted by Gasteiger charge is 2.36. The van der Waals surface area contributed by atoms with E-state index in [1.807, 2.05) is 0 Å². The Labute approximate surface area is 133 Å². The molecular weight excluding hydrogens is 300 g/mol. The molecule has 2 atom stereocenters. The molecule has 1 saturated carbocycles. The lowest BCUT2D eigenvalue weighted by atomic mass is 10.1. The van der Waals surface area contributed by atoms with Gasteiger partial charge in [0.2, 0.25) is 10.0 Å². The van der Waals surface area contributed by atoms with Gasteiger partial charge in [0.1, 0.15) is 11.5 Å². The van der Waals surface area contributed by atoms with Crippen LogP contribution in [0.2, 0.25) is 0 Å². The zero-order chi connectivity index (χ0) is 15.7. The molecule has 0 bridgehead atoms. The standard InChI is InChI=1S/C16H26N2O3S/c1-3-22(19,20)18-8-6-13(7-9-18)17-11-14-4-5-16(21-14)15-10-12(15)2/h4-5,12-13,15,17H,3,6-11H2,1-2H3. The summed E-state index contributed by atoms with van der Waals surface area (Å²) < 4.78 is 31.2. The number of furan rings is 1. The van der Waals surface area contributed by atoms with Crippen LogP contribution in [0.1, 0.15) is 50.5 Å². The number of nitrogens with one attached hydrogen (secondary N) is 1. The minimum absolute atomic E-state index is 0.194. The van der Waals surface area contributed by atoms with Crippen LogP contribution < -0.4 is 5.32 Å². The zero-order valence-corrected chi connectivity index (χ0v) is 14.2. The SMILES string of the molecule is CCS(=O)(=O)N1CCC(NCc2ccc(C3CC3C)o2)CC1. The Morgan fingerprint density at radius 2 is 2.00 bits per heavy atom. The molecule has 124 valence electrons. The Bertz CT molecular complexity index is 603. The zero-order valence-electron chi connectivity index (χ0n) is 13.4. The fourth-order valence-electron chi connectivity index (χ4n) is 3.17. The number of nitrogens with zero attached hydrogens (tertiary/aromatic N) is 1. The van der Waals surface area contributed by atoms with E-state index in [9.17, 15) is 8.42 Å². The van der Waals surface area contributed by atoms with Gasteiger partial charge in [0, 0.05) is 25.0 Å². The van der Waals surface area contributed by atoms with Gasteiger partial charge in [-0.15, -0.1) is 0 Å². The number of hydrogen-bond donors (Lipinski definition) is 1. The fraction of sp³-hybridized carbons (Fsp3) is 0.750. The summed E-state index contributed by atoms with van der Waals surface area (Å²) in [4.78, 5) is 0. The van der Waals surface area contributed by atoms with Gasteiger partial charge < -0.3 is 9.73 Å². The summed E-state index contributed by atoms with van der Waals surface area (Å²) >= 11 is 0. The Morgan fingerprint density at radius 3 is 2.59 bits per heavy atom. The molecule has 6 heteroatoms. The minimum Gasteiger partial charge on any atom is -0.464 e. The third kappa shape index (κ3) is 3.55. The van der Waals surface area contributed by atoms with Gasteiger partial charge in [-0.1, -0.05) is 6.92 Å². The molecule has 0 radical (unpaired) electrons. The molecule has 3 rings (SSSR count). The van der Waals surface area contributed by atoms with Gasteiger partial charge in [0.15, 0.2) is 0 Å². The molecule has 5 nitrogen and oxygen atoms in total. The molecule has 1 saturated heterocycles. The van der Waals surface area contributed by atoms with Crippen LogP contribution in [-0.2, 0) is 16.6 Å². The maximum atomic E-state index is 11.8. The lowest BCUT2D eigenvalue weighted by molar-refractivity contribution is 0.283. The summed E-state index contributed by atoms with van der Waals surface area (Å²) in [6, 6.07) is 4.53. The normalized spacial score (nSPS) is 27.2. The van der Waals surface area contributed by atoms with Gasteiger partial charge in [-0.25, -0.2) is 12.7 Å². The third-order valence-corrected chi connectivity index (χ3v) is 6.82. The highest BCUT2D eigenvalue weighted by molar-refractivity contribution is 7.89. The third-order valence-electron chi connectivity index (χ3n) is 4.93. The first-order chi connectivity index (χ1) is 10.5.